The van der Waals surface area contributed by atoms with Crippen molar-refractivity contribution in [3.8, 4) is 17.2 Å². The van der Waals surface area contributed by atoms with Crippen LogP contribution in [0.5, 0.6) is 17.2 Å². The third-order valence-electron chi connectivity index (χ3n) is 7.82. The number of hydrogen-bond acceptors (Lipinski definition) is 8. The quantitative estimate of drug-likeness (QED) is 0.357. The molecular formula is C29H36O8Si. The summed E-state index contributed by atoms with van der Waals surface area (Å²) in [5, 5.41) is 10.2. The summed E-state index contributed by atoms with van der Waals surface area (Å²) in [5.41, 5.74) is 0.474. The van der Waals surface area contributed by atoms with Crippen molar-refractivity contribution in [2.24, 2.45) is 11.3 Å². The standard InChI is InChI=1S/C29H36O8Si/c1-29(28(33)37-16-17-7-9-19(34-2)14-24(17)35-3)25-21-13-18(30)8-10-20(21)22(15-23(25)31)26(29)27(32)36-11-12-38(4,5)6/h7-10,13-14,22,25-26,30H,11-12,15-16H2,1-6H3/t22?,25-,26+,29-/m1/s1. The van der Waals surface area contributed by atoms with E-state index in [4.69, 9.17) is 18.9 Å². The van der Waals surface area contributed by atoms with E-state index in [0.29, 0.717) is 22.6 Å². The Kier molecular flexibility index (Phi) is 7.61. The van der Waals surface area contributed by atoms with Crippen LogP contribution in [-0.4, -0.2) is 51.7 Å². The molecule has 3 aliphatic carbocycles. The minimum atomic E-state index is -1.50. The molecule has 9 heteroatoms. The molecule has 0 aromatic heterocycles. The Morgan fingerprint density at radius 2 is 1.76 bits per heavy atom. The van der Waals surface area contributed by atoms with Gasteiger partial charge in [-0.1, -0.05) is 25.7 Å². The molecule has 2 aromatic carbocycles. The molecular weight excluding hydrogens is 504 g/mol. The average molecular weight is 541 g/mol. The highest BCUT2D eigenvalue weighted by molar-refractivity contribution is 6.76. The molecule has 3 aliphatic rings. The van der Waals surface area contributed by atoms with Gasteiger partial charge in [0.1, 0.15) is 29.6 Å². The first kappa shape index (κ1) is 27.7. The first-order chi connectivity index (χ1) is 17.9. The molecule has 0 radical (unpaired) electrons. The number of hydrogen-bond donors (Lipinski definition) is 1. The van der Waals surface area contributed by atoms with Gasteiger partial charge in [0, 0.05) is 32.0 Å². The topological polar surface area (TPSA) is 108 Å². The highest BCUT2D eigenvalue weighted by atomic mass is 28.3. The SMILES string of the molecule is COc1ccc(COC(=O)[C@@]2(C)[C@H](C(=O)OCC[Si](C)(C)C)C3CC(=O)[C@H]2c2cc(O)ccc23)c(OC)c1. The van der Waals surface area contributed by atoms with Crippen LogP contribution < -0.4 is 9.47 Å². The Labute approximate surface area is 224 Å². The molecule has 2 bridgehead atoms. The van der Waals surface area contributed by atoms with E-state index in [1.54, 1.807) is 44.4 Å². The number of rotatable bonds is 9. The van der Waals surface area contributed by atoms with Gasteiger partial charge in [0.25, 0.3) is 0 Å². The van der Waals surface area contributed by atoms with E-state index in [-0.39, 0.29) is 31.2 Å². The molecule has 0 saturated heterocycles. The predicted octanol–water partition coefficient (Wildman–Crippen LogP) is 4.81. The Balaban J connectivity index is 1.69. The third kappa shape index (κ3) is 5.03. The van der Waals surface area contributed by atoms with Crippen molar-refractivity contribution in [1.29, 1.82) is 0 Å². The third-order valence-corrected chi connectivity index (χ3v) is 9.52. The zero-order valence-electron chi connectivity index (χ0n) is 22.8. The normalized spacial score (nSPS) is 23.9. The zero-order valence-corrected chi connectivity index (χ0v) is 23.8. The second kappa shape index (κ2) is 10.4. The largest absolute Gasteiger partial charge is 0.508 e. The number of fused-ring (bicyclic) bond motifs is 2. The summed E-state index contributed by atoms with van der Waals surface area (Å²) < 4.78 is 22.2. The van der Waals surface area contributed by atoms with Crippen LogP contribution in [0.25, 0.3) is 0 Å². The molecule has 4 atom stereocenters. The van der Waals surface area contributed by atoms with Gasteiger partial charge in [0.15, 0.2) is 0 Å². The molecule has 1 unspecified atom stereocenters. The van der Waals surface area contributed by atoms with Crippen molar-refractivity contribution in [2.75, 3.05) is 20.8 Å². The highest BCUT2D eigenvalue weighted by Crippen LogP contribution is 2.61. The van der Waals surface area contributed by atoms with E-state index in [1.807, 2.05) is 0 Å². The van der Waals surface area contributed by atoms with Crippen LogP contribution in [0.3, 0.4) is 0 Å². The Morgan fingerprint density at radius 1 is 1.03 bits per heavy atom. The lowest BCUT2D eigenvalue weighted by molar-refractivity contribution is -0.178. The van der Waals surface area contributed by atoms with Gasteiger partial charge in [-0.05, 0) is 48.4 Å². The monoisotopic (exact) mass is 540 g/mol. The molecule has 0 amide bonds. The lowest BCUT2D eigenvalue weighted by Gasteiger charge is -2.52. The van der Waals surface area contributed by atoms with E-state index in [2.05, 4.69) is 19.6 Å². The summed E-state index contributed by atoms with van der Waals surface area (Å²) in [6.07, 6.45) is 0.130. The lowest BCUT2D eigenvalue weighted by atomic mass is 9.48. The molecule has 38 heavy (non-hydrogen) atoms. The highest BCUT2D eigenvalue weighted by Gasteiger charge is 2.65. The second-order valence-corrected chi connectivity index (χ2v) is 17.1. The lowest BCUT2D eigenvalue weighted by Crippen LogP contribution is -2.57. The molecule has 204 valence electrons. The Bertz CT molecular complexity index is 1250. The number of phenols is 1. The van der Waals surface area contributed by atoms with Gasteiger partial charge in [-0.2, -0.15) is 0 Å². The van der Waals surface area contributed by atoms with E-state index in [9.17, 15) is 19.5 Å². The molecule has 8 nitrogen and oxygen atoms in total. The predicted molar refractivity (Wildman–Crippen MR) is 143 cm³/mol. The summed E-state index contributed by atoms with van der Waals surface area (Å²) in [7, 11) is 1.59. The van der Waals surface area contributed by atoms with Gasteiger partial charge in [0.05, 0.1) is 38.1 Å². The maximum atomic E-state index is 13.9. The number of benzene rings is 2. The van der Waals surface area contributed by atoms with Crippen LogP contribution >= 0.6 is 0 Å². The number of esters is 2. The van der Waals surface area contributed by atoms with Gasteiger partial charge in [-0.25, -0.2) is 0 Å². The molecule has 0 aliphatic heterocycles. The smallest absolute Gasteiger partial charge is 0.314 e. The van der Waals surface area contributed by atoms with Crippen molar-refractivity contribution in [3.63, 3.8) is 0 Å². The van der Waals surface area contributed by atoms with Gasteiger partial charge in [0.2, 0.25) is 0 Å². The van der Waals surface area contributed by atoms with Gasteiger partial charge >= 0.3 is 11.9 Å². The molecule has 1 saturated carbocycles. The molecule has 0 spiro atoms. The van der Waals surface area contributed by atoms with Crippen LogP contribution in [0.15, 0.2) is 36.4 Å². The van der Waals surface area contributed by atoms with Crippen molar-refractivity contribution in [3.05, 3.63) is 53.1 Å². The number of carbonyl (C=O) groups is 3. The zero-order chi connectivity index (χ0) is 27.8. The molecule has 5 rings (SSSR count). The number of ketones is 1. The number of Topliss-reactive ketones (excluding diaryl/α,β-unsaturated/α-hetero) is 1. The molecule has 1 N–H and O–H groups in total. The van der Waals surface area contributed by atoms with Gasteiger partial charge < -0.3 is 24.1 Å². The minimum Gasteiger partial charge on any atom is -0.508 e. The van der Waals surface area contributed by atoms with Crippen molar-refractivity contribution in [2.45, 2.75) is 57.5 Å². The number of methoxy groups -OCH3 is 2. The number of carbonyl (C=O) groups excluding carboxylic acids is 3. The Morgan fingerprint density at radius 3 is 2.42 bits per heavy atom. The number of phenolic OH excluding ortho intramolecular Hbond substituents is 1. The fourth-order valence-electron chi connectivity index (χ4n) is 5.79. The van der Waals surface area contributed by atoms with Crippen LogP contribution in [0, 0.1) is 11.3 Å². The van der Waals surface area contributed by atoms with Gasteiger partial charge in [-0.3, -0.25) is 14.4 Å². The number of ether oxygens (including phenoxy) is 4. The molecule has 0 heterocycles. The van der Waals surface area contributed by atoms with Crippen LogP contribution in [0.4, 0.5) is 0 Å². The minimum absolute atomic E-state index is 0.00273. The van der Waals surface area contributed by atoms with Crippen LogP contribution in [0.2, 0.25) is 25.7 Å². The average Bonchev–Trinajstić information content (AvgIpc) is 2.85. The summed E-state index contributed by atoms with van der Waals surface area (Å²) in [4.78, 5) is 40.8. The van der Waals surface area contributed by atoms with Crippen molar-refractivity contribution in [1.82, 2.24) is 0 Å². The van der Waals surface area contributed by atoms with Crippen LogP contribution in [0.1, 0.15) is 41.9 Å². The maximum Gasteiger partial charge on any atom is 0.314 e. The molecule has 2 aromatic rings. The van der Waals surface area contributed by atoms with E-state index in [0.717, 1.165) is 11.6 Å². The van der Waals surface area contributed by atoms with E-state index < -0.39 is 43.2 Å². The van der Waals surface area contributed by atoms with Gasteiger partial charge in [-0.15, -0.1) is 0 Å². The van der Waals surface area contributed by atoms with Crippen molar-refractivity contribution >= 4 is 25.8 Å². The summed E-state index contributed by atoms with van der Waals surface area (Å²) in [6, 6.07) is 10.8. The fourth-order valence-corrected chi connectivity index (χ4v) is 6.51. The van der Waals surface area contributed by atoms with E-state index >= 15 is 0 Å². The summed E-state index contributed by atoms with van der Waals surface area (Å²) in [5.74, 6) is -2.61. The fraction of sp³-hybridized carbons (Fsp3) is 0.483. The number of aromatic hydroxyl groups is 1. The van der Waals surface area contributed by atoms with Crippen LogP contribution in [-0.2, 0) is 30.5 Å². The molecule has 1 fully saturated rings. The summed E-state index contributed by atoms with van der Waals surface area (Å²) in [6.45, 7) is 8.36. The summed E-state index contributed by atoms with van der Waals surface area (Å²) >= 11 is 0. The van der Waals surface area contributed by atoms with Crippen molar-refractivity contribution < 1.29 is 38.4 Å². The first-order valence-corrected chi connectivity index (χ1v) is 16.5. The Hall–Kier alpha value is -3.33. The maximum absolute atomic E-state index is 13.9. The first-order valence-electron chi connectivity index (χ1n) is 12.8. The van der Waals surface area contributed by atoms with E-state index in [1.165, 1.54) is 13.2 Å². The second-order valence-electron chi connectivity index (χ2n) is 11.5.